The van der Waals surface area contributed by atoms with Crippen LogP contribution in [0.5, 0.6) is 11.5 Å². The third-order valence-corrected chi connectivity index (χ3v) is 5.11. The van der Waals surface area contributed by atoms with Crippen LogP contribution in [-0.2, 0) is 28.9 Å². The van der Waals surface area contributed by atoms with Crippen LogP contribution in [0.25, 0.3) is 11.0 Å². The molecule has 0 saturated heterocycles. The molecule has 0 aliphatic rings. The summed E-state index contributed by atoms with van der Waals surface area (Å²) in [7, 11) is 3.18. The Kier molecular flexibility index (Phi) is 8.29. The number of carbonyl (C=O) groups excluding carboxylic acids is 1. The van der Waals surface area contributed by atoms with Gasteiger partial charge in [-0.25, -0.2) is 4.98 Å². The lowest BCUT2D eigenvalue weighted by atomic mass is 10.1. The quantitative estimate of drug-likeness (QED) is 0.450. The zero-order valence-electron chi connectivity index (χ0n) is 18.5. The number of aromatic nitrogens is 2. The molecule has 166 valence electrons. The number of methoxy groups -OCH3 is 2. The summed E-state index contributed by atoms with van der Waals surface area (Å²) in [5.41, 5.74) is 2.99. The highest BCUT2D eigenvalue weighted by molar-refractivity contribution is 5.78. The summed E-state index contributed by atoms with van der Waals surface area (Å²) < 4.78 is 18.3. The molecule has 0 radical (unpaired) electrons. The molecule has 3 aromatic rings. The predicted octanol–water partition coefficient (Wildman–Crippen LogP) is 3.38. The van der Waals surface area contributed by atoms with Gasteiger partial charge in [-0.2, -0.15) is 0 Å². The van der Waals surface area contributed by atoms with Crippen molar-refractivity contribution < 1.29 is 19.0 Å². The summed E-state index contributed by atoms with van der Waals surface area (Å²) in [6.45, 7) is 4.73. The van der Waals surface area contributed by atoms with Gasteiger partial charge in [-0.1, -0.05) is 18.2 Å². The van der Waals surface area contributed by atoms with E-state index in [2.05, 4.69) is 16.0 Å². The zero-order chi connectivity index (χ0) is 22.1. The van der Waals surface area contributed by atoms with Gasteiger partial charge in [-0.15, -0.1) is 0 Å². The Labute approximate surface area is 183 Å². The van der Waals surface area contributed by atoms with Crippen LogP contribution in [0.4, 0.5) is 0 Å². The number of imidazole rings is 1. The smallest absolute Gasteiger partial charge is 0.224 e. The molecule has 0 bridgehead atoms. The Bertz CT molecular complexity index is 1000. The maximum absolute atomic E-state index is 12.3. The van der Waals surface area contributed by atoms with Crippen LogP contribution >= 0.6 is 0 Å². The van der Waals surface area contributed by atoms with Gasteiger partial charge in [0.2, 0.25) is 5.91 Å². The van der Waals surface area contributed by atoms with E-state index in [4.69, 9.17) is 19.2 Å². The highest BCUT2D eigenvalue weighted by Gasteiger charge is 2.11. The van der Waals surface area contributed by atoms with Gasteiger partial charge in [-0.05, 0) is 43.2 Å². The van der Waals surface area contributed by atoms with Gasteiger partial charge in [0.1, 0.15) is 5.82 Å². The lowest BCUT2D eigenvalue weighted by molar-refractivity contribution is -0.120. The first-order chi connectivity index (χ1) is 15.2. The van der Waals surface area contributed by atoms with Crippen LogP contribution in [-0.4, -0.2) is 49.4 Å². The van der Waals surface area contributed by atoms with E-state index in [1.165, 1.54) is 0 Å². The number of nitrogens with zero attached hydrogens (tertiary/aromatic N) is 2. The van der Waals surface area contributed by atoms with E-state index in [-0.39, 0.29) is 5.91 Å². The van der Waals surface area contributed by atoms with Gasteiger partial charge in [0.15, 0.2) is 11.5 Å². The first-order valence-corrected chi connectivity index (χ1v) is 10.7. The number of rotatable bonds is 12. The fraction of sp³-hybridized carbons (Fsp3) is 0.417. The van der Waals surface area contributed by atoms with Gasteiger partial charge in [0.25, 0.3) is 0 Å². The molecule has 0 fully saturated rings. The molecule has 1 aromatic heterocycles. The van der Waals surface area contributed by atoms with Gasteiger partial charge in [0.05, 0.1) is 38.3 Å². The molecule has 0 spiro atoms. The summed E-state index contributed by atoms with van der Waals surface area (Å²) in [6, 6.07) is 13.7. The molecule has 0 unspecified atom stereocenters. The Morgan fingerprint density at radius 3 is 2.68 bits per heavy atom. The topological polar surface area (TPSA) is 74.6 Å². The molecule has 0 aliphatic carbocycles. The van der Waals surface area contributed by atoms with E-state index < -0.39 is 0 Å². The third-order valence-electron chi connectivity index (χ3n) is 5.11. The molecule has 2 aromatic carbocycles. The second kappa shape index (κ2) is 11.4. The van der Waals surface area contributed by atoms with Crippen molar-refractivity contribution in [2.75, 3.05) is 34.0 Å². The summed E-state index contributed by atoms with van der Waals surface area (Å²) in [4.78, 5) is 17.1. The van der Waals surface area contributed by atoms with Crippen LogP contribution in [0.15, 0.2) is 42.5 Å². The highest BCUT2D eigenvalue weighted by atomic mass is 16.5. The number of ether oxygens (including phenoxy) is 3. The molecule has 1 heterocycles. The Morgan fingerprint density at radius 2 is 1.90 bits per heavy atom. The fourth-order valence-corrected chi connectivity index (χ4v) is 3.58. The number of benzene rings is 2. The SMILES string of the molecule is CCOCCn1c(CCCNC(=O)Cc2ccc(OC)c(OC)c2)nc2ccccc21. The molecule has 0 saturated carbocycles. The number of fused-ring (bicyclic) bond motifs is 1. The monoisotopic (exact) mass is 425 g/mol. The molecular formula is C24H31N3O4. The lowest BCUT2D eigenvalue weighted by Gasteiger charge is -2.11. The van der Waals surface area contributed by atoms with Crippen LogP contribution in [0, 0.1) is 0 Å². The average molecular weight is 426 g/mol. The normalized spacial score (nSPS) is 10.9. The van der Waals surface area contributed by atoms with Crippen molar-refractivity contribution in [3.63, 3.8) is 0 Å². The number of amides is 1. The van der Waals surface area contributed by atoms with Crippen LogP contribution in [0.3, 0.4) is 0 Å². The predicted molar refractivity (Wildman–Crippen MR) is 121 cm³/mol. The first kappa shape index (κ1) is 22.6. The van der Waals surface area contributed by atoms with Crippen molar-refractivity contribution in [1.29, 1.82) is 0 Å². The summed E-state index contributed by atoms with van der Waals surface area (Å²) >= 11 is 0. The largest absolute Gasteiger partial charge is 0.493 e. The van der Waals surface area contributed by atoms with Crippen LogP contribution < -0.4 is 14.8 Å². The second-order valence-electron chi connectivity index (χ2n) is 7.18. The van der Waals surface area contributed by atoms with Crippen molar-refractivity contribution in [2.45, 2.75) is 32.7 Å². The van der Waals surface area contributed by atoms with Crippen molar-refractivity contribution in [3.05, 3.63) is 53.9 Å². The molecule has 31 heavy (non-hydrogen) atoms. The van der Waals surface area contributed by atoms with E-state index in [1.54, 1.807) is 14.2 Å². The average Bonchev–Trinajstić information content (AvgIpc) is 3.14. The zero-order valence-corrected chi connectivity index (χ0v) is 18.5. The van der Waals surface area contributed by atoms with Gasteiger partial charge >= 0.3 is 0 Å². The molecule has 1 amide bonds. The highest BCUT2D eigenvalue weighted by Crippen LogP contribution is 2.27. The number of carbonyl (C=O) groups is 1. The van der Waals surface area contributed by atoms with Gasteiger partial charge < -0.3 is 24.1 Å². The van der Waals surface area contributed by atoms with E-state index in [1.807, 2.05) is 43.3 Å². The molecule has 7 nitrogen and oxygen atoms in total. The lowest BCUT2D eigenvalue weighted by Crippen LogP contribution is -2.26. The summed E-state index contributed by atoms with van der Waals surface area (Å²) in [6.07, 6.45) is 1.90. The fourth-order valence-electron chi connectivity index (χ4n) is 3.58. The number of para-hydroxylation sites is 2. The minimum absolute atomic E-state index is 0.0166. The Balaban J connectivity index is 1.53. The molecular weight excluding hydrogens is 394 g/mol. The molecule has 1 N–H and O–H groups in total. The minimum Gasteiger partial charge on any atom is -0.493 e. The maximum atomic E-state index is 12.3. The third kappa shape index (κ3) is 5.98. The van der Waals surface area contributed by atoms with Crippen molar-refractivity contribution in [3.8, 4) is 11.5 Å². The number of nitrogens with one attached hydrogen (secondary N) is 1. The first-order valence-electron chi connectivity index (χ1n) is 10.7. The van der Waals surface area contributed by atoms with E-state index in [9.17, 15) is 4.79 Å². The second-order valence-corrected chi connectivity index (χ2v) is 7.18. The molecule has 0 aliphatic heterocycles. The Hall–Kier alpha value is -3.06. The summed E-state index contributed by atoms with van der Waals surface area (Å²) in [5, 5.41) is 3.00. The molecule has 3 rings (SSSR count). The maximum Gasteiger partial charge on any atom is 0.224 e. The van der Waals surface area contributed by atoms with Crippen molar-refractivity contribution >= 4 is 16.9 Å². The molecule has 0 atom stereocenters. The van der Waals surface area contributed by atoms with Gasteiger partial charge in [-0.3, -0.25) is 4.79 Å². The van der Waals surface area contributed by atoms with Crippen LogP contribution in [0.1, 0.15) is 24.7 Å². The van der Waals surface area contributed by atoms with E-state index >= 15 is 0 Å². The van der Waals surface area contributed by atoms with Crippen LogP contribution in [0.2, 0.25) is 0 Å². The van der Waals surface area contributed by atoms with Crippen molar-refractivity contribution in [1.82, 2.24) is 14.9 Å². The number of hydrogen-bond donors (Lipinski definition) is 1. The standard InChI is InChI=1S/C24H31N3O4/c1-4-31-15-14-27-20-9-6-5-8-19(20)26-23(27)10-7-13-25-24(28)17-18-11-12-21(29-2)22(16-18)30-3/h5-6,8-9,11-12,16H,4,7,10,13-15,17H2,1-3H3,(H,25,28). The van der Waals surface area contributed by atoms with Crippen molar-refractivity contribution in [2.24, 2.45) is 0 Å². The van der Waals surface area contributed by atoms with E-state index in [0.717, 1.165) is 41.8 Å². The molecule has 7 heteroatoms. The van der Waals surface area contributed by atoms with Gasteiger partial charge in [0, 0.05) is 26.1 Å². The Morgan fingerprint density at radius 1 is 1.10 bits per heavy atom. The number of aryl methyl sites for hydroxylation is 1. The number of hydrogen-bond acceptors (Lipinski definition) is 5. The summed E-state index contributed by atoms with van der Waals surface area (Å²) in [5.74, 6) is 2.28. The van der Waals surface area contributed by atoms with E-state index in [0.29, 0.717) is 37.7 Å². The minimum atomic E-state index is -0.0166.